The molecule has 0 aromatic rings. The number of nitrogens with zero attached hydrogens (tertiary/aromatic N) is 2. The third-order valence-corrected chi connectivity index (χ3v) is 3.64. The maximum atomic E-state index is 5.82. The summed E-state index contributed by atoms with van der Waals surface area (Å²) in [5.41, 5.74) is 5.82. The Bertz CT molecular complexity index is 270. The van der Waals surface area contributed by atoms with Crippen LogP contribution in [0.2, 0.25) is 0 Å². The topological polar surface area (TPSA) is 62.9 Å². The third kappa shape index (κ3) is 6.78. The molecule has 2 unspecified atom stereocenters. The van der Waals surface area contributed by atoms with E-state index in [-0.39, 0.29) is 6.04 Å². The first-order valence-electron chi connectivity index (χ1n) is 7.43. The van der Waals surface area contributed by atoms with Crippen molar-refractivity contribution in [1.29, 1.82) is 0 Å². The van der Waals surface area contributed by atoms with Gasteiger partial charge in [-0.3, -0.25) is 4.99 Å². The first-order chi connectivity index (χ1) is 9.13. The number of methoxy groups -OCH3 is 1. The van der Waals surface area contributed by atoms with Crippen molar-refractivity contribution < 1.29 is 4.74 Å². The predicted octanol–water partition coefficient (Wildman–Crippen LogP) is 1.19. The Morgan fingerprint density at radius 2 is 2.32 bits per heavy atom. The van der Waals surface area contributed by atoms with Gasteiger partial charge in [0.2, 0.25) is 0 Å². The lowest BCUT2D eigenvalue weighted by atomic mass is 10.0. The standard InChI is InChI=1S/C14H30N4O/c1-12(11-19-3)17-14(15)16-8-6-10-18-9-5-4-7-13(18)2/h12-13H,4-11H2,1-3H3,(H3,15,16,17). The first-order valence-corrected chi connectivity index (χ1v) is 7.43. The second-order valence-corrected chi connectivity index (χ2v) is 5.50. The molecule has 1 aliphatic rings. The molecule has 112 valence electrons. The number of ether oxygens (including phenoxy) is 1. The highest BCUT2D eigenvalue weighted by Crippen LogP contribution is 2.16. The van der Waals surface area contributed by atoms with Crippen LogP contribution in [0.4, 0.5) is 0 Å². The van der Waals surface area contributed by atoms with Gasteiger partial charge in [0.25, 0.3) is 0 Å². The van der Waals surface area contributed by atoms with Crippen molar-refractivity contribution in [1.82, 2.24) is 10.2 Å². The van der Waals surface area contributed by atoms with Crippen molar-refractivity contribution in [2.24, 2.45) is 10.7 Å². The smallest absolute Gasteiger partial charge is 0.188 e. The lowest BCUT2D eigenvalue weighted by molar-refractivity contribution is 0.160. The quantitative estimate of drug-likeness (QED) is 0.414. The number of piperidine rings is 1. The van der Waals surface area contributed by atoms with Gasteiger partial charge in [-0.2, -0.15) is 0 Å². The molecular weight excluding hydrogens is 240 g/mol. The summed E-state index contributed by atoms with van der Waals surface area (Å²) in [5.74, 6) is 0.524. The van der Waals surface area contributed by atoms with Crippen molar-refractivity contribution in [2.75, 3.05) is 33.4 Å². The van der Waals surface area contributed by atoms with Crippen LogP contribution in [0.3, 0.4) is 0 Å². The van der Waals surface area contributed by atoms with E-state index in [4.69, 9.17) is 10.5 Å². The average Bonchev–Trinajstić information content (AvgIpc) is 2.36. The van der Waals surface area contributed by atoms with Crippen molar-refractivity contribution in [3.8, 4) is 0 Å². The molecule has 0 spiro atoms. The molecule has 19 heavy (non-hydrogen) atoms. The van der Waals surface area contributed by atoms with Crippen LogP contribution in [-0.4, -0.2) is 56.3 Å². The molecule has 0 aromatic heterocycles. The molecule has 1 rings (SSSR count). The van der Waals surface area contributed by atoms with E-state index in [1.54, 1.807) is 7.11 Å². The Morgan fingerprint density at radius 3 is 3.00 bits per heavy atom. The second-order valence-electron chi connectivity index (χ2n) is 5.50. The Hall–Kier alpha value is -0.810. The number of aliphatic imine (C=N–C) groups is 1. The minimum Gasteiger partial charge on any atom is -0.383 e. The fourth-order valence-electron chi connectivity index (χ4n) is 2.55. The van der Waals surface area contributed by atoms with Crippen LogP contribution in [0.5, 0.6) is 0 Å². The fraction of sp³-hybridized carbons (Fsp3) is 0.929. The maximum Gasteiger partial charge on any atom is 0.188 e. The van der Waals surface area contributed by atoms with Crippen LogP contribution in [0.1, 0.15) is 39.5 Å². The minimum absolute atomic E-state index is 0.205. The highest BCUT2D eigenvalue weighted by molar-refractivity contribution is 5.78. The molecule has 1 heterocycles. The second kappa shape index (κ2) is 9.15. The van der Waals surface area contributed by atoms with Gasteiger partial charge in [-0.25, -0.2) is 0 Å². The lowest BCUT2D eigenvalue weighted by Crippen LogP contribution is -2.41. The van der Waals surface area contributed by atoms with Gasteiger partial charge in [0.1, 0.15) is 0 Å². The SMILES string of the molecule is COCC(C)NC(N)=NCCCN1CCCCC1C. The van der Waals surface area contributed by atoms with Crippen LogP contribution >= 0.6 is 0 Å². The van der Waals surface area contributed by atoms with Crippen LogP contribution < -0.4 is 11.1 Å². The molecule has 3 N–H and O–H groups in total. The molecule has 0 aromatic carbocycles. The zero-order valence-electron chi connectivity index (χ0n) is 12.7. The van der Waals surface area contributed by atoms with E-state index in [0.717, 1.165) is 25.6 Å². The molecule has 1 aliphatic heterocycles. The Labute approximate surface area is 117 Å². The van der Waals surface area contributed by atoms with Gasteiger partial charge in [0, 0.05) is 32.3 Å². The molecule has 0 aliphatic carbocycles. The number of likely N-dealkylation sites (tertiary alicyclic amines) is 1. The molecule has 1 saturated heterocycles. The minimum atomic E-state index is 0.205. The zero-order chi connectivity index (χ0) is 14.1. The zero-order valence-corrected chi connectivity index (χ0v) is 12.7. The van der Waals surface area contributed by atoms with Gasteiger partial charge in [0.15, 0.2) is 5.96 Å². The van der Waals surface area contributed by atoms with E-state index in [0.29, 0.717) is 12.6 Å². The van der Waals surface area contributed by atoms with E-state index in [1.165, 1.54) is 25.8 Å². The summed E-state index contributed by atoms with van der Waals surface area (Å²) in [4.78, 5) is 6.92. The molecule has 1 fully saturated rings. The molecule has 5 nitrogen and oxygen atoms in total. The van der Waals surface area contributed by atoms with Gasteiger partial charge < -0.3 is 20.7 Å². The Kier molecular flexibility index (Phi) is 7.82. The summed E-state index contributed by atoms with van der Waals surface area (Å²) in [5, 5.41) is 3.12. The Morgan fingerprint density at radius 1 is 1.53 bits per heavy atom. The van der Waals surface area contributed by atoms with Gasteiger partial charge in [0.05, 0.1) is 6.61 Å². The monoisotopic (exact) mass is 270 g/mol. The van der Waals surface area contributed by atoms with Crippen molar-refractivity contribution in [3.63, 3.8) is 0 Å². The third-order valence-electron chi connectivity index (χ3n) is 3.64. The van der Waals surface area contributed by atoms with Gasteiger partial charge in [-0.1, -0.05) is 6.42 Å². The number of nitrogens with two attached hydrogens (primary N) is 1. The van der Waals surface area contributed by atoms with Crippen molar-refractivity contribution in [3.05, 3.63) is 0 Å². The van der Waals surface area contributed by atoms with Gasteiger partial charge in [-0.15, -0.1) is 0 Å². The molecule has 5 heteroatoms. The fourth-order valence-corrected chi connectivity index (χ4v) is 2.55. The van der Waals surface area contributed by atoms with E-state index in [1.807, 2.05) is 6.92 Å². The summed E-state index contributed by atoms with van der Waals surface area (Å²) in [6.45, 7) is 8.16. The highest BCUT2D eigenvalue weighted by atomic mass is 16.5. The van der Waals surface area contributed by atoms with E-state index < -0.39 is 0 Å². The average molecular weight is 270 g/mol. The molecule has 0 amide bonds. The number of guanidine groups is 1. The van der Waals surface area contributed by atoms with Gasteiger partial charge >= 0.3 is 0 Å². The molecule has 0 bridgehead atoms. The summed E-state index contributed by atoms with van der Waals surface area (Å²) in [6, 6.07) is 0.936. The molecule has 0 saturated carbocycles. The van der Waals surface area contributed by atoms with Crippen LogP contribution in [-0.2, 0) is 4.74 Å². The van der Waals surface area contributed by atoms with Gasteiger partial charge in [-0.05, 0) is 39.7 Å². The molecule has 2 atom stereocenters. The van der Waals surface area contributed by atoms with Crippen LogP contribution in [0, 0.1) is 0 Å². The first kappa shape index (κ1) is 16.2. The van der Waals surface area contributed by atoms with Crippen molar-refractivity contribution in [2.45, 2.75) is 51.6 Å². The van der Waals surface area contributed by atoms with E-state index in [2.05, 4.69) is 22.1 Å². The predicted molar refractivity (Wildman–Crippen MR) is 80.5 cm³/mol. The Balaban J connectivity index is 2.14. The summed E-state index contributed by atoms with van der Waals surface area (Å²) < 4.78 is 5.04. The summed E-state index contributed by atoms with van der Waals surface area (Å²) >= 11 is 0. The summed E-state index contributed by atoms with van der Waals surface area (Å²) in [6.07, 6.45) is 5.13. The van der Waals surface area contributed by atoms with Crippen LogP contribution in [0.25, 0.3) is 0 Å². The largest absolute Gasteiger partial charge is 0.383 e. The number of hydrogen-bond acceptors (Lipinski definition) is 3. The normalized spacial score (nSPS) is 23.3. The highest BCUT2D eigenvalue weighted by Gasteiger charge is 2.16. The maximum absolute atomic E-state index is 5.82. The van der Waals surface area contributed by atoms with E-state index in [9.17, 15) is 0 Å². The van der Waals surface area contributed by atoms with Crippen LogP contribution in [0.15, 0.2) is 4.99 Å². The summed E-state index contributed by atoms with van der Waals surface area (Å²) in [7, 11) is 1.69. The number of nitrogens with one attached hydrogen (secondary N) is 1. The molecular formula is C14H30N4O. The lowest BCUT2D eigenvalue weighted by Gasteiger charge is -2.33. The molecule has 0 radical (unpaired) electrons. The van der Waals surface area contributed by atoms with Crippen molar-refractivity contribution >= 4 is 5.96 Å². The number of rotatable bonds is 7. The van der Waals surface area contributed by atoms with E-state index >= 15 is 0 Å². The number of hydrogen-bond donors (Lipinski definition) is 2.